The van der Waals surface area contributed by atoms with Crippen molar-refractivity contribution in [2.45, 2.75) is 22.9 Å². The van der Waals surface area contributed by atoms with Gasteiger partial charge in [0.25, 0.3) is 0 Å². The molecule has 2 aliphatic rings. The van der Waals surface area contributed by atoms with Gasteiger partial charge in [0, 0.05) is 42.7 Å². The summed E-state index contributed by atoms with van der Waals surface area (Å²) in [5.74, 6) is 1.25. The van der Waals surface area contributed by atoms with Crippen LogP contribution in [-0.4, -0.2) is 64.0 Å². The zero-order valence-electron chi connectivity index (χ0n) is 18.6. The fourth-order valence-corrected chi connectivity index (χ4v) is 4.73. The normalized spacial score (nSPS) is 16.2. The molecule has 5 rings (SSSR count). The van der Waals surface area contributed by atoms with E-state index < -0.39 is 0 Å². The number of nitriles is 1. The van der Waals surface area contributed by atoms with Crippen LogP contribution in [0.4, 0.5) is 22.7 Å². The predicted molar refractivity (Wildman–Crippen MR) is 132 cm³/mol. The number of hydrogen-bond acceptors (Lipinski definition) is 11. The number of rotatable bonds is 7. The first-order chi connectivity index (χ1) is 16.6. The molecule has 1 amide bonds. The number of carbonyl (C=O) groups is 1. The highest BCUT2D eigenvalue weighted by molar-refractivity contribution is 7.99. The van der Waals surface area contributed by atoms with Gasteiger partial charge in [-0.2, -0.15) is 20.2 Å². The molecule has 10 nitrogen and oxygen atoms in total. The first kappa shape index (κ1) is 22.5. The third-order valence-corrected chi connectivity index (χ3v) is 7.19. The monoisotopic (exact) mass is 493 g/mol. The van der Waals surface area contributed by atoms with Crippen LogP contribution in [0.1, 0.15) is 17.7 Å². The van der Waals surface area contributed by atoms with Crippen molar-refractivity contribution >= 4 is 51.7 Å². The van der Waals surface area contributed by atoms with Crippen molar-refractivity contribution in [3.63, 3.8) is 0 Å². The summed E-state index contributed by atoms with van der Waals surface area (Å²) in [5, 5.41) is 16.3. The first-order valence-corrected chi connectivity index (χ1v) is 12.6. The Kier molecular flexibility index (Phi) is 6.57. The average Bonchev–Trinajstić information content (AvgIpc) is 3.60. The van der Waals surface area contributed by atoms with Crippen LogP contribution in [0.2, 0.25) is 0 Å². The molecule has 0 bridgehead atoms. The lowest BCUT2D eigenvalue weighted by molar-refractivity contribution is -0.117. The number of anilines is 4. The third-order valence-electron chi connectivity index (χ3n) is 5.50. The molecule has 1 saturated heterocycles. The second-order valence-corrected chi connectivity index (χ2v) is 10.3. The van der Waals surface area contributed by atoms with Gasteiger partial charge >= 0.3 is 0 Å². The zero-order chi connectivity index (χ0) is 23.5. The van der Waals surface area contributed by atoms with Crippen LogP contribution in [-0.2, 0) is 4.79 Å². The largest absolute Gasteiger partial charge is 0.338 e. The fourth-order valence-electron chi connectivity index (χ4n) is 3.38. The van der Waals surface area contributed by atoms with Crippen molar-refractivity contribution in [1.29, 1.82) is 5.26 Å². The van der Waals surface area contributed by atoms with Gasteiger partial charge in [0.2, 0.25) is 17.8 Å². The van der Waals surface area contributed by atoms with E-state index >= 15 is 0 Å². The molecule has 12 heteroatoms. The number of nitrogens with one attached hydrogen (secondary N) is 2. The Labute approximate surface area is 205 Å². The molecule has 3 aromatic rings. The molecule has 2 N–H and O–H groups in total. The number of carbonyl (C=O) groups excluding carboxylic acids is 1. The molecule has 1 aromatic carbocycles. The van der Waals surface area contributed by atoms with Crippen LogP contribution in [0.15, 0.2) is 40.5 Å². The highest BCUT2D eigenvalue weighted by Gasteiger charge is 2.29. The number of aromatic nitrogens is 4. The van der Waals surface area contributed by atoms with Gasteiger partial charge in [-0.15, -0.1) is 0 Å². The Morgan fingerprint density at radius 2 is 1.91 bits per heavy atom. The van der Waals surface area contributed by atoms with Gasteiger partial charge in [0.15, 0.2) is 10.3 Å². The molecule has 34 heavy (non-hydrogen) atoms. The van der Waals surface area contributed by atoms with Crippen LogP contribution in [0.25, 0.3) is 0 Å². The van der Waals surface area contributed by atoms with E-state index in [9.17, 15) is 4.79 Å². The summed E-state index contributed by atoms with van der Waals surface area (Å²) >= 11 is 2.67. The maximum Gasteiger partial charge on any atom is 0.234 e. The van der Waals surface area contributed by atoms with E-state index in [2.05, 4.69) is 48.5 Å². The van der Waals surface area contributed by atoms with Gasteiger partial charge in [-0.1, -0.05) is 11.3 Å². The minimum Gasteiger partial charge on any atom is -0.338 e. The van der Waals surface area contributed by atoms with Crippen molar-refractivity contribution < 1.29 is 4.79 Å². The van der Waals surface area contributed by atoms with Crippen LogP contribution in [0.5, 0.6) is 0 Å². The Balaban J connectivity index is 1.35. The van der Waals surface area contributed by atoms with Crippen LogP contribution in [0, 0.1) is 17.2 Å². The van der Waals surface area contributed by atoms with Crippen LogP contribution >= 0.6 is 23.1 Å². The Morgan fingerprint density at radius 1 is 1.15 bits per heavy atom. The maximum absolute atomic E-state index is 12.0. The average molecular weight is 494 g/mol. The van der Waals surface area contributed by atoms with Crippen molar-refractivity contribution in [3.05, 3.63) is 35.3 Å². The lowest BCUT2D eigenvalue weighted by Gasteiger charge is -2.32. The Hall–Kier alpha value is -3.27. The topological polar surface area (TPSA) is 123 Å². The van der Waals surface area contributed by atoms with Crippen LogP contribution < -0.4 is 15.5 Å². The molecule has 3 heterocycles. The van der Waals surface area contributed by atoms with Crippen molar-refractivity contribution in [2.75, 3.05) is 48.8 Å². The molecule has 0 unspecified atom stereocenters. The van der Waals surface area contributed by atoms with Gasteiger partial charge in [0.05, 0.1) is 6.20 Å². The van der Waals surface area contributed by atoms with Gasteiger partial charge in [-0.05, 0) is 55.9 Å². The van der Waals surface area contributed by atoms with E-state index in [-0.39, 0.29) is 11.8 Å². The molecule has 0 spiro atoms. The summed E-state index contributed by atoms with van der Waals surface area (Å²) in [6.07, 6.45) is 3.47. The molecular weight excluding hydrogens is 470 g/mol. The minimum atomic E-state index is 0.0900. The van der Waals surface area contributed by atoms with Crippen LogP contribution in [0.3, 0.4) is 0 Å². The Bertz CT molecular complexity index is 1210. The molecular formula is C22H23N9OS2. The number of nitrogens with zero attached hydrogens (tertiary/aromatic N) is 7. The lowest BCUT2D eigenvalue weighted by Crippen LogP contribution is -2.45. The molecule has 1 saturated carbocycles. The predicted octanol–water partition coefficient (Wildman–Crippen LogP) is 3.19. The summed E-state index contributed by atoms with van der Waals surface area (Å²) in [4.78, 5) is 36.0. The number of hydrogen-bond donors (Lipinski definition) is 2. The molecule has 2 fully saturated rings. The molecule has 174 valence electrons. The second-order valence-electron chi connectivity index (χ2n) is 8.19. The summed E-state index contributed by atoms with van der Waals surface area (Å²) in [7, 11) is 2.10. The minimum absolute atomic E-state index is 0.0900. The molecule has 1 aliphatic heterocycles. The SMILES string of the molecule is CN1CCN(c2nc(Nc3ncc(C#N)s3)nc(Sc3ccc(NC(=O)C4CC4)cc3)n2)CC1. The molecule has 0 radical (unpaired) electrons. The number of benzene rings is 1. The van der Waals surface area contributed by atoms with Crippen molar-refractivity contribution in [3.8, 4) is 6.07 Å². The van der Waals surface area contributed by atoms with Gasteiger partial charge < -0.3 is 15.1 Å². The zero-order valence-corrected chi connectivity index (χ0v) is 20.2. The van der Waals surface area contributed by atoms with Crippen molar-refractivity contribution in [2.24, 2.45) is 5.92 Å². The van der Waals surface area contributed by atoms with Gasteiger partial charge in [-0.3, -0.25) is 10.1 Å². The highest BCUT2D eigenvalue weighted by atomic mass is 32.2. The van der Waals surface area contributed by atoms with E-state index in [1.165, 1.54) is 29.3 Å². The standard InChI is InChI=1S/C22H23N9OS2/c1-30-8-10-31(11-9-30)20-26-19(27-21-24-13-17(12-23)34-21)28-22(29-20)33-16-6-4-15(5-7-16)25-18(32)14-2-3-14/h4-7,13-14H,2-3,8-11H2,1H3,(H,25,32)(H,24,26,27,28,29). The molecule has 1 aliphatic carbocycles. The van der Waals surface area contributed by atoms with E-state index in [1.807, 2.05) is 24.3 Å². The first-order valence-electron chi connectivity index (χ1n) is 11.0. The number of piperazine rings is 1. The summed E-state index contributed by atoms with van der Waals surface area (Å²) < 4.78 is 0. The quantitative estimate of drug-likeness (QED) is 0.507. The maximum atomic E-state index is 12.0. The van der Waals surface area contributed by atoms with Crippen molar-refractivity contribution in [1.82, 2.24) is 24.8 Å². The summed E-state index contributed by atoms with van der Waals surface area (Å²) in [6.45, 7) is 3.52. The van der Waals surface area contributed by atoms with E-state index in [4.69, 9.17) is 10.2 Å². The summed E-state index contributed by atoms with van der Waals surface area (Å²) in [5.41, 5.74) is 0.787. The highest BCUT2D eigenvalue weighted by Crippen LogP contribution is 2.32. The number of thiazole rings is 1. The van der Waals surface area contributed by atoms with E-state index in [0.29, 0.717) is 27.1 Å². The Morgan fingerprint density at radius 3 is 2.59 bits per heavy atom. The van der Waals surface area contributed by atoms with Gasteiger partial charge in [0.1, 0.15) is 10.9 Å². The molecule has 2 aromatic heterocycles. The third kappa shape index (κ3) is 5.61. The lowest BCUT2D eigenvalue weighted by atomic mass is 10.3. The second kappa shape index (κ2) is 9.92. The number of amides is 1. The molecule has 0 atom stereocenters. The summed E-state index contributed by atoms with van der Waals surface area (Å²) in [6, 6.07) is 9.76. The fraction of sp³-hybridized carbons (Fsp3) is 0.364. The smallest absolute Gasteiger partial charge is 0.234 e. The van der Waals surface area contributed by atoms with E-state index in [1.54, 1.807) is 0 Å². The number of likely N-dealkylation sites (N-methyl/N-ethyl adjacent to an activating group) is 1. The van der Waals surface area contributed by atoms with Gasteiger partial charge in [-0.25, -0.2) is 4.98 Å². The van der Waals surface area contributed by atoms with E-state index in [0.717, 1.165) is 49.6 Å².